The van der Waals surface area contributed by atoms with Crippen molar-refractivity contribution in [2.45, 2.75) is 6.42 Å². The van der Waals surface area contributed by atoms with Crippen LogP contribution >= 0.6 is 7.92 Å². The van der Waals surface area contributed by atoms with Crippen LogP contribution in [0.5, 0.6) is 0 Å². The maximum atomic E-state index is 3.50. The molecule has 0 fully saturated rings. The van der Waals surface area contributed by atoms with Crippen molar-refractivity contribution in [2.24, 2.45) is 0 Å². The molecule has 1 atom stereocenters. The number of rotatable bonds is 0. The van der Waals surface area contributed by atoms with Gasteiger partial charge in [-0.1, -0.05) is 13.7 Å². The molecule has 2 aliphatic heterocycles. The van der Waals surface area contributed by atoms with Crippen molar-refractivity contribution in [3.8, 4) is 0 Å². The molecule has 2 aliphatic rings. The predicted molar refractivity (Wildman–Crippen MR) is 59.1 cm³/mol. The summed E-state index contributed by atoms with van der Waals surface area (Å²) in [6.07, 6.45) is 4.77. The molecule has 0 aliphatic carbocycles. The van der Waals surface area contributed by atoms with Gasteiger partial charge < -0.3 is 10.2 Å². The topological polar surface area (TPSA) is 15.3 Å². The Hall–Kier alpha value is -0.490. The Morgan fingerprint density at radius 3 is 3.23 bits per heavy atom. The molecule has 1 unspecified atom stereocenters. The highest BCUT2D eigenvalue weighted by molar-refractivity contribution is 7.60. The van der Waals surface area contributed by atoms with E-state index in [9.17, 15) is 0 Å². The summed E-state index contributed by atoms with van der Waals surface area (Å²) in [4.78, 5) is 2.41. The van der Waals surface area contributed by atoms with Crippen LogP contribution in [-0.4, -0.2) is 37.9 Å². The number of allylic oxidation sites excluding steroid dienone is 2. The first kappa shape index (κ1) is 9.08. The van der Waals surface area contributed by atoms with Crippen LogP contribution in [-0.2, 0) is 0 Å². The Morgan fingerprint density at radius 2 is 2.38 bits per heavy atom. The van der Waals surface area contributed by atoms with Crippen molar-refractivity contribution in [1.29, 1.82) is 0 Å². The summed E-state index contributed by atoms with van der Waals surface area (Å²) in [5.41, 5.74) is 2.88. The first-order chi connectivity index (χ1) is 6.27. The van der Waals surface area contributed by atoms with Crippen LogP contribution in [0.25, 0.3) is 0 Å². The minimum atomic E-state index is 0.106. The van der Waals surface area contributed by atoms with Gasteiger partial charge in [0, 0.05) is 32.0 Å². The minimum absolute atomic E-state index is 0.106. The lowest BCUT2D eigenvalue weighted by Crippen LogP contribution is -2.22. The molecule has 2 rings (SSSR count). The molecule has 2 heterocycles. The molecular weight excluding hydrogens is 179 g/mol. The second kappa shape index (κ2) is 3.71. The van der Waals surface area contributed by atoms with Crippen molar-refractivity contribution in [1.82, 2.24) is 10.2 Å². The van der Waals surface area contributed by atoms with E-state index in [1.807, 2.05) is 0 Å². The standard InChI is InChI=1S/C10H17N2P/c1-12-6-3-5-11-9-4-7-13(2)8-10(9)12/h4,7,11H,3,5-6,8H2,1-2H3. The maximum Gasteiger partial charge on any atom is 0.0539 e. The molecule has 0 spiro atoms. The molecule has 0 aromatic carbocycles. The SMILES string of the molecule is CN1CCCNC2=C1CP(C)C=C2. The largest absolute Gasteiger partial charge is 0.384 e. The van der Waals surface area contributed by atoms with Crippen molar-refractivity contribution in [3.63, 3.8) is 0 Å². The summed E-state index contributed by atoms with van der Waals surface area (Å²) < 4.78 is 0. The molecule has 13 heavy (non-hydrogen) atoms. The van der Waals surface area contributed by atoms with Gasteiger partial charge in [0.1, 0.15) is 0 Å². The zero-order valence-corrected chi connectivity index (χ0v) is 9.27. The van der Waals surface area contributed by atoms with Gasteiger partial charge in [0.05, 0.1) is 5.70 Å². The van der Waals surface area contributed by atoms with Crippen LogP contribution in [0.15, 0.2) is 23.3 Å². The van der Waals surface area contributed by atoms with E-state index >= 15 is 0 Å². The third-order valence-electron chi connectivity index (χ3n) is 2.65. The molecule has 0 aromatic rings. The van der Waals surface area contributed by atoms with E-state index in [4.69, 9.17) is 0 Å². The molecule has 0 saturated carbocycles. The second-order valence-electron chi connectivity index (χ2n) is 3.79. The monoisotopic (exact) mass is 196 g/mol. The molecule has 72 valence electrons. The summed E-state index contributed by atoms with van der Waals surface area (Å²) in [6.45, 7) is 4.66. The second-order valence-corrected chi connectivity index (χ2v) is 5.92. The molecule has 0 aromatic heterocycles. The van der Waals surface area contributed by atoms with E-state index in [0.29, 0.717) is 0 Å². The van der Waals surface area contributed by atoms with Crippen LogP contribution < -0.4 is 5.32 Å². The highest BCUT2D eigenvalue weighted by atomic mass is 31.1. The molecule has 1 N–H and O–H groups in total. The lowest BCUT2D eigenvalue weighted by atomic mass is 10.3. The summed E-state index contributed by atoms with van der Waals surface area (Å²) in [5, 5.41) is 3.50. The van der Waals surface area contributed by atoms with E-state index in [2.05, 4.69) is 35.8 Å². The van der Waals surface area contributed by atoms with Crippen LogP contribution in [0.4, 0.5) is 0 Å². The van der Waals surface area contributed by atoms with Crippen molar-refractivity contribution >= 4 is 7.92 Å². The summed E-state index contributed by atoms with van der Waals surface area (Å²) in [6, 6.07) is 0. The average molecular weight is 196 g/mol. The Balaban J connectivity index is 2.24. The molecule has 2 nitrogen and oxygen atoms in total. The fourth-order valence-electron chi connectivity index (χ4n) is 1.83. The van der Waals surface area contributed by atoms with Gasteiger partial charge in [0.25, 0.3) is 0 Å². The predicted octanol–water partition coefficient (Wildman–Crippen LogP) is 1.76. The van der Waals surface area contributed by atoms with Crippen molar-refractivity contribution in [3.05, 3.63) is 23.3 Å². The van der Waals surface area contributed by atoms with Gasteiger partial charge in [0.2, 0.25) is 0 Å². The summed E-state index contributed by atoms with van der Waals surface area (Å²) in [5.74, 6) is 2.36. The van der Waals surface area contributed by atoms with E-state index in [-0.39, 0.29) is 7.92 Å². The Morgan fingerprint density at radius 1 is 1.54 bits per heavy atom. The quantitative estimate of drug-likeness (QED) is 0.594. The number of hydrogen-bond acceptors (Lipinski definition) is 2. The van der Waals surface area contributed by atoms with E-state index in [1.165, 1.54) is 30.5 Å². The van der Waals surface area contributed by atoms with Gasteiger partial charge in [-0.25, -0.2) is 0 Å². The molecule has 0 bridgehead atoms. The van der Waals surface area contributed by atoms with E-state index in [1.54, 1.807) is 0 Å². The first-order valence-corrected chi connectivity index (χ1v) is 6.88. The van der Waals surface area contributed by atoms with Crippen LogP contribution in [0.1, 0.15) is 6.42 Å². The molecular formula is C10H17N2P. The third-order valence-corrected chi connectivity index (χ3v) is 4.11. The van der Waals surface area contributed by atoms with Gasteiger partial charge in [-0.3, -0.25) is 0 Å². The minimum Gasteiger partial charge on any atom is -0.384 e. The zero-order chi connectivity index (χ0) is 9.26. The first-order valence-electron chi connectivity index (χ1n) is 4.84. The third kappa shape index (κ3) is 1.88. The summed E-state index contributed by atoms with van der Waals surface area (Å²) >= 11 is 0. The number of nitrogens with one attached hydrogen (secondary N) is 1. The van der Waals surface area contributed by atoms with Gasteiger partial charge in [-0.15, -0.1) is 0 Å². The lowest BCUT2D eigenvalue weighted by Gasteiger charge is -2.26. The van der Waals surface area contributed by atoms with E-state index in [0.717, 1.165) is 6.54 Å². The summed E-state index contributed by atoms with van der Waals surface area (Å²) in [7, 11) is 2.32. The normalized spacial score (nSPS) is 28.2. The highest BCUT2D eigenvalue weighted by Gasteiger charge is 2.18. The maximum absolute atomic E-state index is 3.50. The Labute approximate surface area is 81.4 Å². The Kier molecular flexibility index (Phi) is 2.59. The van der Waals surface area contributed by atoms with Gasteiger partial charge >= 0.3 is 0 Å². The zero-order valence-electron chi connectivity index (χ0n) is 8.38. The van der Waals surface area contributed by atoms with Crippen molar-refractivity contribution in [2.75, 3.05) is 33.0 Å². The van der Waals surface area contributed by atoms with Crippen LogP contribution in [0.2, 0.25) is 0 Å². The average Bonchev–Trinajstić information content (AvgIpc) is 2.29. The fraction of sp³-hybridized carbons (Fsp3) is 0.600. The lowest BCUT2D eigenvalue weighted by molar-refractivity contribution is 0.421. The molecule has 0 radical (unpaired) electrons. The van der Waals surface area contributed by atoms with E-state index < -0.39 is 0 Å². The smallest absolute Gasteiger partial charge is 0.0539 e. The van der Waals surface area contributed by atoms with Crippen LogP contribution in [0.3, 0.4) is 0 Å². The van der Waals surface area contributed by atoms with Gasteiger partial charge in [-0.05, 0) is 19.2 Å². The fourth-order valence-corrected chi connectivity index (χ4v) is 3.23. The van der Waals surface area contributed by atoms with Crippen LogP contribution in [0, 0.1) is 0 Å². The van der Waals surface area contributed by atoms with Gasteiger partial charge in [-0.2, -0.15) is 0 Å². The molecule has 0 amide bonds. The Bertz CT molecular complexity index is 258. The number of hydrogen-bond donors (Lipinski definition) is 1. The highest BCUT2D eigenvalue weighted by Crippen LogP contribution is 2.40. The molecule has 3 heteroatoms. The number of nitrogens with zero attached hydrogens (tertiary/aromatic N) is 1. The van der Waals surface area contributed by atoms with Gasteiger partial charge in [0.15, 0.2) is 0 Å². The molecule has 0 saturated heterocycles. The van der Waals surface area contributed by atoms with Crippen molar-refractivity contribution < 1.29 is 0 Å².